The van der Waals surface area contributed by atoms with Crippen LogP contribution in [0.15, 0.2) is 48.5 Å². The quantitative estimate of drug-likeness (QED) is 0.828. The number of nitrogens with one attached hydrogen (secondary N) is 1. The van der Waals surface area contributed by atoms with Crippen molar-refractivity contribution in [3.63, 3.8) is 0 Å². The van der Waals surface area contributed by atoms with Crippen LogP contribution in [0.1, 0.15) is 10.4 Å². The molecule has 0 spiro atoms. The van der Waals surface area contributed by atoms with Crippen molar-refractivity contribution in [2.24, 2.45) is 0 Å². The van der Waals surface area contributed by atoms with E-state index < -0.39 is 11.9 Å². The average molecular weight is 362 g/mol. The molecule has 0 fully saturated rings. The number of esters is 1. The van der Waals surface area contributed by atoms with Gasteiger partial charge in [0.15, 0.2) is 18.1 Å². The molecule has 0 aromatic heterocycles. The van der Waals surface area contributed by atoms with Gasteiger partial charge >= 0.3 is 5.97 Å². The number of ether oxygens (including phenoxy) is 3. The number of hydrogen-bond acceptors (Lipinski definition) is 5. The van der Waals surface area contributed by atoms with E-state index in [1.807, 2.05) is 18.2 Å². The maximum Gasteiger partial charge on any atom is 0.338 e. The summed E-state index contributed by atoms with van der Waals surface area (Å²) < 4.78 is 16.2. The van der Waals surface area contributed by atoms with Gasteiger partial charge in [0.05, 0.1) is 12.1 Å². The van der Waals surface area contributed by atoms with Crippen LogP contribution in [-0.4, -0.2) is 37.7 Å². The predicted molar refractivity (Wildman–Crippen MR) is 91.1 cm³/mol. The molecule has 2 aromatic carbocycles. The Bertz CT molecular complexity index is 762. The van der Waals surface area contributed by atoms with E-state index in [0.29, 0.717) is 28.7 Å². The minimum absolute atomic E-state index is 0.256. The molecule has 130 valence electrons. The molecule has 0 saturated heterocycles. The lowest BCUT2D eigenvalue weighted by Gasteiger charge is -2.26. The SMILES string of the molecule is O=C(COC(=O)c1ccc(Cl)cc1)NC[C@H]1COc2ccccc2O1. The van der Waals surface area contributed by atoms with Gasteiger partial charge in [-0.05, 0) is 36.4 Å². The Morgan fingerprint density at radius 1 is 1.12 bits per heavy atom. The highest BCUT2D eigenvalue weighted by atomic mass is 35.5. The molecule has 3 rings (SSSR count). The first-order valence-corrected chi connectivity index (χ1v) is 8.07. The fourth-order valence-corrected chi connectivity index (χ4v) is 2.37. The minimum atomic E-state index is -0.585. The molecule has 1 amide bonds. The first kappa shape index (κ1) is 17.1. The van der Waals surface area contributed by atoms with E-state index in [1.165, 1.54) is 12.1 Å². The number of benzene rings is 2. The smallest absolute Gasteiger partial charge is 0.338 e. The average Bonchev–Trinajstić information content (AvgIpc) is 2.65. The van der Waals surface area contributed by atoms with Crippen molar-refractivity contribution in [3.05, 3.63) is 59.1 Å². The summed E-state index contributed by atoms with van der Waals surface area (Å²) in [4.78, 5) is 23.6. The van der Waals surface area contributed by atoms with Crippen molar-refractivity contribution in [3.8, 4) is 11.5 Å². The lowest BCUT2D eigenvalue weighted by molar-refractivity contribution is -0.124. The molecule has 6 nitrogen and oxygen atoms in total. The van der Waals surface area contributed by atoms with Gasteiger partial charge in [0.1, 0.15) is 12.7 Å². The molecule has 1 atom stereocenters. The van der Waals surface area contributed by atoms with Crippen LogP contribution >= 0.6 is 11.6 Å². The van der Waals surface area contributed by atoms with Crippen molar-refractivity contribution in [1.29, 1.82) is 0 Å². The fraction of sp³-hybridized carbons (Fsp3) is 0.222. The second kappa shape index (κ2) is 7.90. The van der Waals surface area contributed by atoms with Gasteiger partial charge in [0.25, 0.3) is 5.91 Å². The normalized spacial score (nSPS) is 15.3. The third-order valence-electron chi connectivity index (χ3n) is 3.51. The van der Waals surface area contributed by atoms with Gasteiger partial charge in [-0.15, -0.1) is 0 Å². The zero-order valence-corrected chi connectivity index (χ0v) is 14.0. The van der Waals surface area contributed by atoms with Crippen molar-refractivity contribution in [2.45, 2.75) is 6.10 Å². The largest absolute Gasteiger partial charge is 0.486 e. The van der Waals surface area contributed by atoms with E-state index in [4.69, 9.17) is 25.8 Å². The molecule has 0 saturated carbocycles. The second-order valence-corrected chi connectivity index (χ2v) is 5.82. The Morgan fingerprint density at radius 3 is 2.60 bits per heavy atom. The lowest BCUT2D eigenvalue weighted by atomic mass is 10.2. The van der Waals surface area contributed by atoms with E-state index in [0.717, 1.165) is 0 Å². The van der Waals surface area contributed by atoms with Crippen LogP contribution in [0.4, 0.5) is 0 Å². The van der Waals surface area contributed by atoms with Gasteiger partial charge in [0, 0.05) is 5.02 Å². The van der Waals surface area contributed by atoms with Gasteiger partial charge in [-0.3, -0.25) is 4.79 Å². The molecule has 0 radical (unpaired) electrons. The molecular weight excluding hydrogens is 346 g/mol. The molecule has 1 aliphatic rings. The molecule has 1 heterocycles. The minimum Gasteiger partial charge on any atom is -0.486 e. The van der Waals surface area contributed by atoms with Crippen LogP contribution in [0.2, 0.25) is 5.02 Å². The van der Waals surface area contributed by atoms with Crippen molar-refractivity contribution in [2.75, 3.05) is 19.8 Å². The highest BCUT2D eigenvalue weighted by Gasteiger charge is 2.21. The number of halogens is 1. The van der Waals surface area contributed by atoms with Crippen LogP contribution in [0.25, 0.3) is 0 Å². The Kier molecular flexibility index (Phi) is 5.40. The molecule has 25 heavy (non-hydrogen) atoms. The molecule has 0 unspecified atom stereocenters. The third-order valence-corrected chi connectivity index (χ3v) is 3.76. The number of fused-ring (bicyclic) bond motifs is 1. The summed E-state index contributed by atoms with van der Waals surface area (Å²) in [6, 6.07) is 13.6. The zero-order chi connectivity index (χ0) is 17.6. The van der Waals surface area contributed by atoms with Gasteiger partial charge in [-0.25, -0.2) is 4.79 Å². The van der Waals surface area contributed by atoms with E-state index in [9.17, 15) is 9.59 Å². The summed E-state index contributed by atoms with van der Waals surface area (Å²) in [6.45, 7) is 0.221. The van der Waals surface area contributed by atoms with Gasteiger partial charge in [0.2, 0.25) is 0 Å². The summed E-state index contributed by atoms with van der Waals surface area (Å²) in [5.41, 5.74) is 0.331. The predicted octanol–water partition coefficient (Wildman–Crippen LogP) is 2.45. The van der Waals surface area contributed by atoms with Gasteiger partial charge in [-0.2, -0.15) is 0 Å². The van der Waals surface area contributed by atoms with E-state index in [2.05, 4.69) is 5.32 Å². The fourth-order valence-electron chi connectivity index (χ4n) is 2.24. The Labute approximate surface area is 149 Å². The first-order chi connectivity index (χ1) is 12.1. The number of carbonyl (C=O) groups is 2. The zero-order valence-electron chi connectivity index (χ0n) is 13.2. The van der Waals surface area contributed by atoms with E-state index in [1.54, 1.807) is 18.2 Å². The van der Waals surface area contributed by atoms with Crippen molar-refractivity contribution < 1.29 is 23.8 Å². The molecule has 2 aromatic rings. The Hall–Kier alpha value is -2.73. The second-order valence-electron chi connectivity index (χ2n) is 5.38. The molecule has 0 bridgehead atoms. The van der Waals surface area contributed by atoms with Crippen LogP contribution in [-0.2, 0) is 9.53 Å². The highest BCUT2D eigenvalue weighted by molar-refractivity contribution is 6.30. The van der Waals surface area contributed by atoms with E-state index in [-0.39, 0.29) is 19.3 Å². The Morgan fingerprint density at radius 2 is 1.84 bits per heavy atom. The van der Waals surface area contributed by atoms with Crippen molar-refractivity contribution >= 4 is 23.5 Å². The Balaban J connectivity index is 1.41. The standard InChI is InChI=1S/C18H16ClNO5/c19-13-7-5-12(6-8-13)18(22)24-11-17(21)20-9-14-10-23-15-3-1-2-4-16(15)25-14/h1-8,14H,9-11H2,(H,20,21)/t14-/m0/s1. The summed E-state index contributed by atoms with van der Waals surface area (Å²) in [5, 5.41) is 3.18. The van der Waals surface area contributed by atoms with Gasteiger partial charge in [-0.1, -0.05) is 23.7 Å². The molecule has 1 aliphatic heterocycles. The topological polar surface area (TPSA) is 73.9 Å². The van der Waals surface area contributed by atoms with Gasteiger partial charge < -0.3 is 19.5 Å². The van der Waals surface area contributed by atoms with Crippen LogP contribution < -0.4 is 14.8 Å². The maximum atomic E-state index is 11.8. The molecule has 0 aliphatic carbocycles. The number of para-hydroxylation sites is 2. The number of carbonyl (C=O) groups excluding carboxylic acids is 2. The summed E-state index contributed by atoms with van der Waals surface area (Å²) in [6.07, 6.45) is -0.300. The number of rotatable bonds is 5. The monoisotopic (exact) mass is 361 g/mol. The molecule has 1 N–H and O–H groups in total. The summed E-state index contributed by atoms with van der Waals surface area (Å²) in [5.74, 6) is 0.326. The third kappa shape index (κ3) is 4.64. The highest BCUT2D eigenvalue weighted by Crippen LogP contribution is 2.30. The molecule has 7 heteroatoms. The van der Waals surface area contributed by atoms with E-state index >= 15 is 0 Å². The van der Waals surface area contributed by atoms with Crippen molar-refractivity contribution in [1.82, 2.24) is 5.32 Å². The number of amides is 1. The van der Waals surface area contributed by atoms with Crippen LogP contribution in [0.5, 0.6) is 11.5 Å². The first-order valence-electron chi connectivity index (χ1n) is 7.69. The summed E-state index contributed by atoms with van der Waals surface area (Å²) in [7, 11) is 0. The lowest BCUT2D eigenvalue weighted by Crippen LogP contribution is -2.42. The van der Waals surface area contributed by atoms with Crippen LogP contribution in [0.3, 0.4) is 0 Å². The van der Waals surface area contributed by atoms with Crippen LogP contribution in [0, 0.1) is 0 Å². The summed E-state index contributed by atoms with van der Waals surface area (Å²) >= 11 is 5.75. The molecular formula is C18H16ClNO5. The number of hydrogen-bond donors (Lipinski definition) is 1. The maximum absolute atomic E-state index is 11.8.